The van der Waals surface area contributed by atoms with Gasteiger partial charge in [-0.15, -0.1) is 0 Å². The summed E-state index contributed by atoms with van der Waals surface area (Å²) in [5.74, 6) is 0. The lowest BCUT2D eigenvalue weighted by Gasteiger charge is -2.26. The van der Waals surface area contributed by atoms with Crippen molar-refractivity contribution in [3.8, 4) is 22.3 Å². The lowest BCUT2D eigenvalue weighted by atomic mass is 9.95. The predicted molar refractivity (Wildman–Crippen MR) is 212 cm³/mol. The van der Waals surface area contributed by atoms with Crippen molar-refractivity contribution >= 4 is 71.3 Å². The first-order valence-corrected chi connectivity index (χ1v) is 17.1. The molecule has 10 aromatic rings. The van der Waals surface area contributed by atoms with Gasteiger partial charge in [0.25, 0.3) is 0 Å². The summed E-state index contributed by atoms with van der Waals surface area (Å²) in [7, 11) is 0. The number of fused-ring (bicyclic) bond motifs is 8. The molecule has 0 amide bonds. The van der Waals surface area contributed by atoms with Crippen LogP contribution < -0.4 is 4.90 Å². The molecule has 0 radical (unpaired) electrons. The molecule has 2 nitrogen and oxygen atoms in total. The van der Waals surface area contributed by atoms with E-state index in [-0.39, 0.29) is 0 Å². The van der Waals surface area contributed by atoms with Gasteiger partial charge in [-0.1, -0.05) is 133 Å². The topological polar surface area (TPSA) is 16.4 Å². The molecule has 0 spiro atoms. The van der Waals surface area contributed by atoms with Crippen molar-refractivity contribution in [2.24, 2.45) is 0 Å². The molecule has 0 aliphatic heterocycles. The number of rotatable bonds is 5. The zero-order valence-corrected chi connectivity index (χ0v) is 27.3. The van der Waals surface area contributed by atoms with Gasteiger partial charge in [-0.25, -0.2) is 0 Å². The zero-order chi connectivity index (χ0) is 33.0. The Kier molecular flexibility index (Phi) is 6.53. The van der Waals surface area contributed by atoms with Crippen molar-refractivity contribution in [2.45, 2.75) is 0 Å². The standard InChI is InChI=1S/C48H31NO/c1-2-8-32(9-3-1)33-14-21-38(22-15-33)49(40-25-29-46-45-12-6-7-13-47(45)50-48(46)31-40)39-23-16-34(17-24-39)36-19-26-42-37(30-36)20-28-43-41-11-5-4-10-35(41)18-27-44(42)43/h1-31H. The van der Waals surface area contributed by atoms with Gasteiger partial charge < -0.3 is 9.32 Å². The normalized spacial score (nSPS) is 11.6. The molecular weight excluding hydrogens is 607 g/mol. The fraction of sp³-hybridized carbons (Fsp3) is 0. The minimum atomic E-state index is 0.878. The molecule has 1 heterocycles. The van der Waals surface area contributed by atoms with Crippen LogP contribution in [0.4, 0.5) is 17.1 Å². The molecule has 0 saturated carbocycles. The number of anilines is 3. The van der Waals surface area contributed by atoms with E-state index in [9.17, 15) is 0 Å². The van der Waals surface area contributed by atoms with Crippen LogP contribution in [0, 0.1) is 0 Å². The summed E-state index contributed by atoms with van der Waals surface area (Å²) in [5.41, 5.74) is 9.76. The maximum atomic E-state index is 6.33. The molecule has 1 aromatic heterocycles. The minimum Gasteiger partial charge on any atom is -0.456 e. The van der Waals surface area contributed by atoms with Crippen LogP contribution in [0.15, 0.2) is 192 Å². The number of benzene rings is 9. The third-order valence-electron chi connectivity index (χ3n) is 10.1. The molecule has 0 saturated heterocycles. The van der Waals surface area contributed by atoms with Crippen LogP contribution in [0.2, 0.25) is 0 Å². The van der Waals surface area contributed by atoms with Gasteiger partial charge in [0.05, 0.1) is 0 Å². The number of para-hydroxylation sites is 1. The van der Waals surface area contributed by atoms with Gasteiger partial charge in [0.15, 0.2) is 0 Å². The summed E-state index contributed by atoms with van der Waals surface area (Å²) >= 11 is 0. The zero-order valence-electron chi connectivity index (χ0n) is 27.3. The van der Waals surface area contributed by atoms with Gasteiger partial charge in [-0.3, -0.25) is 0 Å². The molecule has 0 N–H and O–H groups in total. The summed E-state index contributed by atoms with van der Waals surface area (Å²) in [6.07, 6.45) is 0. The molecule has 0 aliphatic rings. The van der Waals surface area contributed by atoms with Gasteiger partial charge in [-0.05, 0) is 103 Å². The van der Waals surface area contributed by atoms with Crippen molar-refractivity contribution in [2.75, 3.05) is 4.90 Å². The predicted octanol–water partition coefficient (Wildman–Crippen LogP) is 13.8. The Balaban J connectivity index is 1.05. The van der Waals surface area contributed by atoms with Gasteiger partial charge in [0.2, 0.25) is 0 Å². The summed E-state index contributed by atoms with van der Waals surface area (Å²) in [6.45, 7) is 0. The maximum absolute atomic E-state index is 6.33. The Labute approximate surface area is 290 Å². The first-order chi connectivity index (χ1) is 24.8. The SMILES string of the molecule is c1ccc(-c2ccc(N(c3ccc(-c4ccc5c(ccc6c7ccccc7ccc56)c4)cc3)c3ccc4c(c3)oc3ccccc34)cc2)cc1. The Morgan fingerprint density at radius 3 is 1.54 bits per heavy atom. The second-order valence-electron chi connectivity index (χ2n) is 13.0. The van der Waals surface area contributed by atoms with E-state index < -0.39 is 0 Å². The Morgan fingerprint density at radius 1 is 0.280 bits per heavy atom. The quantitative estimate of drug-likeness (QED) is 0.175. The Bertz CT molecular complexity index is 2850. The number of nitrogens with zero attached hydrogens (tertiary/aromatic N) is 1. The molecule has 2 heteroatoms. The highest BCUT2D eigenvalue weighted by Gasteiger charge is 2.16. The third-order valence-corrected chi connectivity index (χ3v) is 10.1. The Hall–Kier alpha value is -6.64. The molecule has 0 fully saturated rings. The van der Waals surface area contributed by atoms with Crippen molar-refractivity contribution in [3.05, 3.63) is 188 Å². The smallest absolute Gasteiger partial charge is 0.137 e. The van der Waals surface area contributed by atoms with Crippen molar-refractivity contribution < 1.29 is 4.42 Å². The average Bonchev–Trinajstić information content (AvgIpc) is 3.56. The van der Waals surface area contributed by atoms with Crippen LogP contribution in [0.5, 0.6) is 0 Å². The van der Waals surface area contributed by atoms with Crippen LogP contribution in [-0.4, -0.2) is 0 Å². The second kappa shape index (κ2) is 11.5. The fourth-order valence-corrected chi connectivity index (χ4v) is 7.55. The van der Waals surface area contributed by atoms with E-state index in [1.165, 1.54) is 54.6 Å². The van der Waals surface area contributed by atoms with Crippen molar-refractivity contribution in [1.29, 1.82) is 0 Å². The lowest BCUT2D eigenvalue weighted by molar-refractivity contribution is 0.669. The third kappa shape index (κ3) is 4.73. The first kappa shape index (κ1) is 28.4. The largest absolute Gasteiger partial charge is 0.456 e. The number of furan rings is 1. The van der Waals surface area contributed by atoms with E-state index in [0.717, 1.165) is 39.0 Å². The van der Waals surface area contributed by atoms with Crippen LogP contribution >= 0.6 is 0 Å². The van der Waals surface area contributed by atoms with Crippen LogP contribution in [0.1, 0.15) is 0 Å². The second-order valence-corrected chi connectivity index (χ2v) is 13.0. The van der Waals surface area contributed by atoms with Gasteiger partial charge in [0, 0.05) is 33.9 Å². The molecular formula is C48H31NO. The highest BCUT2D eigenvalue weighted by atomic mass is 16.3. The summed E-state index contributed by atoms with van der Waals surface area (Å²) in [6, 6.07) is 67.5. The molecule has 0 bridgehead atoms. The van der Waals surface area contributed by atoms with Gasteiger partial charge in [-0.2, -0.15) is 0 Å². The van der Waals surface area contributed by atoms with Crippen LogP contribution in [0.3, 0.4) is 0 Å². The molecule has 0 atom stereocenters. The van der Waals surface area contributed by atoms with Crippen LogP contribution in [-0.2, 0) is 0 Å². The highest BCUT2D eigenvalue weighted by Crippen LogP contribution is 2.40. The van der Waals surface area contributed by atoms with Crippen LogP contribution in [0.25, 0.3) is 76.5 Å². The van der Waals surface area contributed by atoms with E-state index in [2.05, 4.69) is 181 Å². The van der Waals surface area contributed by atoms with Crippen molar-refractivity contribution in [1.82, 2.24) is 0 Å². The first-order valence-electron chi connectivity index (χ1n) is 17.1. The van der Waals surface area contributed by atoms with E-state index in [0.29, 0.717) is 0 Å². The van der Waals surface area contributed by atoms with Crippen molar-refractivity contribution in [3.63, 3.8) is 0 Å². The summed E-state index contributed by atoms with van der Waals surface area (Å²) in [4.78, 5) is 2.31. The minimum absolute atomic E-state index is 0.878. The van der Waals surface area contributed by atoms with E-state index in [1.54, 1.807) is 0 Å². The van der Waals surface area contributed by atoms with E-state index in [1.807, 2.05) is 12.1 Å². The summed E-state index contributed by atoms with van der Waals surface area (Å²) < 4.78 is 6.33. The molecule has 50 heavy (non-hydrogen) atoms. The molecule has 234 valence electrons. The number of hydrogen-bond donors (Lipinski definition) is 0. The average molecular weight is 638 g/mol. The maximum Gasteiger partial charge on any atom is 0.137 e. The fourth-order valence-electron chi connectivity index (χ4n) is 7.55. The van der Waals surface area contributed by atoms with Gasteiger partial charge in [0.1, 0.15) is 11.2 Å². The van der Waals surface area contributed by atoms with E-state index in [4.69, 9.17) is 4.42 Å². The molecule has 0 aliphatic carbocycles. The lowest BCUT2D eigenvalue weighted by Crippen LogP contribution is -2.09. The molecule has 9 aromatic carbocycles. The highest BCUT2D eigenvalue weighted by molar-refractivity contribution is 6.17. The van der Waals surface area contributed by atoms with Gasteiger partial charge >= 0.3 is 0 Å². The molecule has 0 unspecified atom stereocenters. The summed E-state index contributed by atoms with van der Waals surface area (Å²) in [5, 5.41) is 9.93. The van der Waals surface area contributed by atoms with E-state index >= 15 is 0 Å². The monoisotopic (exact) mass is 637 g/mol. The molecule has 10 rings (SSSR count). The Morgan fingerprint density at radius 2 is 0.780 bits per heavy atom. The number of hydrogen-bond acceptors (Lipinski definition) is 2.